The molecule has 0 heterocycles. The first-order chi connectivity index (χ1) is 7.56. The highest BCUT2D eigenvalue weighted by Gasteiger charge is 2.19. The molecule has 0 saturated heterocycles. The second kappa shape index (κ2) is 5.77. The van der Waals surface area contributed by atoms with Crippen LogP contribution in [-0.4, -0.2) is 28.0 Å². The first-order valence-electron chi connectivity index (χ1n) is 4.94. The standard InChI is InChI=1S/C11H15NO3S/c1-7(12-9(6-16)11(14)15)8-4-2-3-5-10(8)13/h2-5,7,9,12-13,16H,6H2,1H3,(H,14,15). The van der Waals surface area contributed by atoms with Gasteiger partial charge in [0.25, 0.3) is 0 Å². The number of para-hydroxylation sites is 1. The van der Waals surface area contributed by atoms with Gasteiger partial charge in [-0.1, -0.05) is 18.2 Å². The number of carbonyl (C=O) groups is 1. The summed E-state index contributed by atoms with van der Waals surface area (Å²) in [5.74, 6) is -0.587. The maximum atomic E-state index is 10.8. The third-order valence-corrected chi connectivity index (χ3v) is 2.70. The Morgan fingerprint density at radius 2 is 2.12 bits per heavy atom. The van der Waals surface area contributed by atoms with Crippen molar-refractivity contribution >= 4 is 18.6 Å². The highest BCUT2D eigenvalue weighted by atomic mass is 32.1. The van der Waals surface area contributed by atoms with Gasteiger partial charge in [0.1, 0.15) is 11.8 Å². The molecule has 2 unspecified atom stereocenters. The van der Waals surface area contributed by atoms with E-state index in [1.807, 2.05) is 0 Å². The van der Waals surface area contributed by atoms with Crippen LogP contribution in [0.25, 0.3) is 0 Å². The summed E-state index contributed by atoms with van der Waals surface area (Å²) in [5, 5.41) is 21.4. The van der Waals surface area contributed by atoms with Crippen molar-refractivity contribution in [2.45, 2.75) is 19.0 Å². The average molecular weight is 241 g/mol. The van der Waals surface area contributed by atoms with Gasteiger partial charge in [-0.25, -0.2) is 0 Å². The lowest BCUT2D eigenvalue weighted by Gasteiger charge is -2.19. The summed E-state index contributed by atoms with van der Waals surface area (Å²) in [4.78, 5) is 10.8. The molecule has 88 valence electrons. The summed E-state index contributed by atoms with van der Waals surface area (Å²) in [6.07, 6.45) is 0. The van der Waals surface area contributed by atoms with Gasteiger partial charge in [0, 0.05) is 17.4 Å². The smallest absolute Gasteiger partial charge is 0.321 e. The van der Waals surface area contributed by atoms with E-state index < -0.39 is 12.0 Å². The van der Waals surface area contributed by atoms with Crippen molar-refractivity contribution in [2.75, 3.05) is 5.75 Å². The predicted octanol–water partition coefficient (Wildman–Crippen LogP) is 1.43. The summed E-state index contributed by atoms with van der Waals surface area (Å²) in [7, 11) is 0. The molecule has 0 aliphatic carbocycles. The second-order valence-electron chi connectivity index (χ2n) is 3.52. The minimum Gasteiger partial charge on any atom is -0.508 e. The number of benzene rings is 1. The lowest BCUT2D eigenvalue weighted by molar-refractivity contribution is -0.139. The van der Waals surface area contributed by atoms with E-state index in [0.29, 0.717) is 5.56 Å². The first-order valence-corrected chi connectivity index (χ1v) is 5.57. The maximum absolute atomic E-state index is 10.8. The van der Waals surface area contributed by atoms with Gasteiger partial charge in [0.15, 0.2) is 0 Å². The lowest BCUT2D eigenvalue weighted by Crippen LogP contribution is -2.39. The van der Waals surface area contributed by atoms with Crippen molar-refractivity contribution in [1.29, 1.82) is 0 Å². The number of carboxylic acid groups (broad SMARTS) is 1. The van der Waals surface area contributed by atoms with Gasteiger partial charge >= 0.3 is 5.97 Å². The van der Waals surface area contributed by atoms with Gasteiger partial charge in [0.2, 0.25) is 0 Å². The summed E-state index contributed by atoms with van der Waals surface area (Å²) < 4.78 is 0. The summed E-state index contributed by atoms with van der Waals surface area (Å²) in [6, 6.07) is 5.88. The fraction of sp³-hybridized carbons (Fsp3) is 0.364. The van der Waals surface area contributed by atoms with Crippen LogP contribution >= 0.6 is 12.6 Å². The molecule has 5 heteroatoms. The molecule has 0 aromatic heterocycles. The van der Waals surface area contributed by atoms with Crippen LogP contribution in [0.1, 0.15) is 18.5 Å². The highest BCUT2D eigenvalue weighted by molar-refractivity contribution is 7.80. The molecule has 0 spiro atoms. The Bertz CT molecular complexity index is 370. The number of aliphatic carboxylic acids is 1. The molecule has 0 aliphatic rings. The first kappa shape index (κ1) is 12.9. The van der Waals surface area contributed by atoms with Gasteiger partial charge < -0.3 is 10.2 Å². The summed E-state index contributed by atoms with van der Waals surface area (Å²) >= 11 is 3.96. The van der Waals surface area contributed by atoms with E-state index >= 15 is 0 Å². The minimum atomic E-state index is -0.947. The number of hydrogen-bond acceptors (Lipinski definition) is 4. The molecule has 3 N–H and O–H groups in total. The summed E-state index contributed by atoms with van der Waals surface area (Å²) in [5.41, 5.74) is 0.676. The van der Waals surface area contributed by atoms with Crippen LogP contribution in [0, 0.1) is 0 Å². The minimum absolute atomic E-state index is 0.158. The number of carboxylic acids is 1. The van der Waals surface area contributed by atoms with Crippen molar-refractivity contribution in [3.05, 3.63) is 29.8 Å². The van der Waals surface area contributed by atoms with Gasteiger partial charge in [-0.3, -0.25) is 10.1 Å². The van der Waals surface area contributed by atoms with Crippen LogP contribution in [0.5, 0.6) is 5.75 Å². The van der Waals surface area contributed by atoms with Crippen molar-refractivity contribution in [1.82, 2.24) is 5.32 Å². The average Bonchev–Trinajstić information content (AvgIpc) is 2.25. The van der Waals surface area contributed by atoms with Gasteiger partial charge in [-0.05, 0) is 13.0 Å². The molecule has 0 bridgehead atoms. The van der Waals surface area contributed by atoms with Crippen LogP contribution in [-0.2, 0) is 4.79 Å². The van der Waals surface area contributed by atoms with Crippen molar-refractivity contribution in [3.63, 3.8) is 0 Å². The molecular weight excluding hydrogens is 226 g/mol. The van der Waals surface area contributed by atoms with Gasteiger partial charge in [-0.15, -0.1) is 0 Å². The Morgan fingerprint density at radius 3 is 2.62 bits per heavy atom. The fourth-order valence-electron chi connectivity index (χ4n) is 1.45. The maximum Gasteiger partial charge on any atom is 0.321 e. The van der Waals surface area contributed by atoms with Crippen molar-refractivity contribution in [3.8, 4) is 5.75 Å². The fourth-order valence-corrected chi connectivity index (χ4v) is 1.71. The number of rotatable bonds is 5. The van der Waals surface area contributed by atoms with Crippen LogP contribution in [0.3, 0.4) is 0 Å². The van der Waals surface area contributed by atoms with Crippen LogP contribution in [0.15, 0.2) is 24.3 Å². The Labute approximate surface area is 99.7 Å². The molecule has 1 aromatic carbocycles. The van der Waals surface area contributed by atoms with E-state index in [2.05, 4.69) is 17.9 Å². The molecule has 0 radical (unpaired) electrons. The van der Waals surface area contributed by atoms with Gasteiger partial charge in [0.05, 0.1) is 0 Å². The molecule has 0 saturated carbocycles. The third kappa shape index (κ3) is 3.15. The second-order valence-corrected chi connectivity index (χ2v) is 3.89. The predicted molar refractivity (Wildman–Crippen MR) is 64.9 cm³/mol. The zero-order valence-electron chi connectivity index (χ0n) is 8.92. The number of hydrogen-bond donors (Lipinski definition) is 4. The number of phenolic OH excluding ortho intramolecular Hbond substituents is 1. The molecule has 4 nitrogen and oxygen atoms in total. The third-order valence-electron chi connectivity index (χ3n) is 2.34. The van der Waals surface area contributed by atoms with E-state index in [1.165, 1.54) is 0 Å². The molecular formula is C11H15NO3S. The normalized spacial score (nSPS) is 14.4. The van der Waals surface area contributed by atoms with Crippen LogP contribution < -0.4 is 5.32 Å². The number of nitrogens with one attached hydrogen (secondary N) is 1. The molecule has 1 aromatic rings. The Hall–Kier alpha value is -1.20. The number of phenols is 1. The monoisotopic (exact) mass is 241 g/mol. The molecule has 1 rings (SSSR count). The zero-order valence-corrected chi connectivity index (χ0v) is 9.82. The van der Waals surface area contributed by atoms with Crippen LogP contribution in [0.2, 0.25) is 0 Å². The molecule has 0 fully saturated rings. The van der Waals surface area contributed by atoms with E-state index in [9.17, 15) is 9.90 Å². The molecule has 0 aliphatic heterocycles. The topological polar surface area (TPSA) is 69.6 Å². The van der Waals surface area contributed by atoms with E-state index in [4.69, 9.17) is 5.11 Å². The number of aromatic hydroxyl groups is 1. The van der Waals surface area contributed by atoms with E-state index in [0.717, 1.165) is 0 Å². The number of thiol groups is 1. The van der Waals surface area contributed by atoms with Crippen molar-refractivity contribution in [2.24, 2.45) is 0 Å². The highest BCUT2D eigenvalue weighted by Crippen LogP contribution is 2.23. The molecule has 0 amide bonds. The Morgan fingerprint density at radius 1 is 1.50 bits per heavy atom. The van der Waals surface area contributed by atoms with Crippen LogP contribution in [0.4, 0.5) is 0 Å². The zero-order chi connectivity index (χ0) is 12.1. The largest absolute Gasteiger partial charge is 0.508 e. The van der Waals surface area contributed by atoms with Gasteiger partial charge in [-0.2, -0.15) is 12.6 Å². The Balaban J connectivity index is 2.75. The molecule has 16 heavy (non-hydrogen) atoms. The van der Waals surface area contributed by atoms with E-state index in [1.54, 1.807) is 31.2 Å². The SMILES string of the molecule is CC(NC(CS)C(=O)O)c1ccccc1O. The summed E-state index contributed by atoms with van der Waals surface area (Å²) in [6.45, 7) is 1.80. The quantitative estimate of drug-likeness (QED) is 0.589. The van der Waals surface area contributed by atoms with Crippen molar-refractivity contribution < 1.29 is 15.0 Å². The lowest BCUT2D eigenvalue weighted by atomic mass is 10.1. The van der Waals surface area contributed by atoms with E-state index in [-0.39, 0.29) is 17.5 Å². The molecule has 2 atom stereocenters. The Kier molecular flexibility index (Phi) is 4.64.